The summed E-state index contributed by atoms with van der Waals surface area (Å²) >= 11 is 0. The van der Waals surface area contributed by atoms with Crippen molar-refractivity contribution in [2.45, 2.75) is 32.6 Å². The second kappa shape index (κ2) is 8.29. The highest BCUT2D eigenvalue weighted by atomic mass is 19.1. The van der Waals surface area contributed by atoms with E-state index in [1.54, 1.807) is 24.3 Å². The Morgan fingerprint density at radius 1 is 1.19 bits per heavy atom. The molecule has 2 aromatic carbocycles. The summed E-state index contributed by atoms with van der Waals surface area (Å²) in [5.74, 6) is -1.98. The van der Waals surface area contributed by atoms with Gasteiger partial charge in [-0.25, -0.2) is 8.78 Å². The molecule has 1 unspecified atom stereocenters. The van der Waals surface area contributed by atoms with Crippen molar-refractivity contribution >= 4 is 29.2 Å². The predicted octanol–water partition coefficient (Wildman–Crippen LogP) is 5.03. The van der Waals surface area contributed by atoms with Crippen LogP contribution in [0.1, 0.15) is 38.2 Å². The molecule has 1 aliphatic rings. The Labute approximate surface area is 157 Å². The molecule has 0 radical (unpaired) electrons. The van der Waals surface area contributed by atoms with Crippen LogP contribution in [0.5, 0.6) is 0 Å². The van der Waals surface area contributed by atoms with E-state index in [4.69, 9.17) is 0 Å². The highest BCUT2D eigenvalue weighted by Gasteiger charge is 2.31. The molecule has 0 saturated carbocycles. The highest BCUT2D eigenvalue weighted by molar-refractivity contribution is 6.12. The Kier molecular flexibility index (Phi) is 5.84. The molecule has 3 rings (SSSR count). The minimum atomic E-state index is -0.819. The largest absolute Gasteiger partial charge is 0.369 e. The van der Waals surface area contributed by atoms with Crippen molar-refractivity contribution in [3.63, 3.8) is 0 Å². The van der Waals surface area contributed by atoms with E-state index in [0.717, 1.165) is 25.9 Å². The number of anilines is 2. The van der Waals surface area contributed by atoms with Gasteiger partial charge in [0, 0.05) is 36.6 Å². The number of rotatable bonds is 7. The van der Waals surface area contributed by atoms with Gasteiger partial charge in [-0.1, -0.05) is 19.4 Å². The van der Waals surface area contributed by atoms with E-state index >= 15 is 0 Å². The predicted molar refractivity (Wildman–Crippen MR) is 105 cm³/mol. The maximum Gasteiger partial charge on any atom is 0.237 e. The molecule has 0 aromatic heterocycles. The summed E-state index contributed by atoms with van der Waals surface area (Å²) in [5.41, 5.74) is 1.66. The van der Waals surface area contributed by atoms with Crippen LogP contribution in [-0.2, 0) is 4.79 Å². The molecule has 2 aromatic rings. The number of aliphatic imine (C=N–C) groups is 1. The van der Waals surface area contributed by atoms with E-state index in [9.17, 15) is 13.6 Å². The molecule has 0 aliphatic carbocycles. The molecule has 1 N–H and O–H groups in total. The van der Waals surface area contributed by atoms with Gasteiger partial charge in [0.1, 0.15) is 17.6 Å². The lowest BCUT2D eigenvalue weighted by molar-refractivity contribution is -0.115. The third kappa shape index (κ3) is 3.99. The number of hydrogen-bond donors (Lipinski definition) is 1. The van der Waals surface area contributed by atoms with Gasteiger partial charge in [0.15, 0.2) is 0 Å². The molecule has 27 heavy (non-hydrogen) atoms. The lowest BCUT2D eigenvalue weighted by atomic mass is 10.0. The molecular formula is C21H23F2N3O. The molecule has 0 bridgehead atoms. The molecule has 1 atom stereocenters. The summed E-state index contributed by atoms with van der Waals surface area (Å²) in [6.07, 6.45) is 3.41. The van der Waals surface area contributed by atoms with Crippen molar-refractivity contribution in [1.82, 2.24) is 0 Å². The second-order valence-corrected chi connectivity index (χ2v) is 6.52. The standard InChI is InChI=1S/C21H23F2N3O/c1-3-5-11-26(4-2)19-10-9-14(12-17(19)23)24-13-15-20-16(22)7-6-8-18(20)25-21(15)27/h6-10,12-13,15H,3-5,11H2,1-2H3,(H,25,27). The van der Waals surface area contributed by atoms with Gasteiger partial charge in [-0.05, 0) is 37.6 Å². The smallest absolute Gasteiger partial charge is 0.237 e. The minimum absolute atomic E-state index is 0.278. The summed E-state index contributed by atoms with van der Waals surface area (Å²) in [7, 11) is 0. The zero-order chi connectivity index (χ0) is 19.4. The first kappa shape index (κ1) is 19.0. The van der Waals surface area contributed by atoms with Crippen LogP contribution < -0.4 is 10.2 Å². The Morgan fingerprint density at radius 2 is 2.00 bits per heavy atom. The zero-order valence-electron chi connectivity index (χ0n) is 15.5. The van der Waals surface area contributed by atoms with Crippen molar-refractivity contribution in [3.05, 3.63) is 53.6 Å². The summed E-state index contributed by atoms with van der Waals surface area (Å²) in [4.78, 5) is 18.3. The number of fused-ring (bicyclic) bond motifs is 1. The van der Waals surface area contributed by atoms with Gasteiger partial charge in [0.25, 0.3) is 0 Å². The van der Waals surface area contributed by atoms with Crippen molar-refractivity contribution < 1.29 is 13.6 Å². The fraction of sp³-hybridized carbons (Fsp3) is 0.333. The van der Waals surface area contributed by atoms with Crippen molar-refractivity contribution in [1.29, 1.82) is 0 Å². The van der Waals surface area contributed by atoms with Crippen LogP contribution in [0.4, 0.5) is 25.8 Å². The Balaban J connectivity index is 1.81. The lowest BCUT2D eigenvalue weighted by Gasteiger charge is -2.23. The topological polar surface area (TPSA) is 44.7 Å². The fourth-order valence-electron chi connectivity index (χ4n) is 3.24. The van der Waals surface area contributed by atoms with Gasteiger partial charge in [-0.3, -0.25) is 9.79 Å². The van der Waals surface area contributed by atoms with Crippen molar-refractivity contribution in [2.24, 2.45) is 4.99 Å². The number of halogens is 2. The summed E-state index contributed by atoms with van der Waals surface area (Å²) < 4.78 is 28.6. The molecule has 4 nitrogen and oxygen atoms in total. The van der Waals surface area contributed by atoms with Crippen LogP contribution >= 0.6 is 0 Å². The average molecular weight is 371 g/mol. The molecule has 6 heteroatoms. The van der Waals surface area contributed by atoms with Crippen LogP contribution in [0.15, 0.2) is 41.4 Å². The van der Waals surface area contributed by atoms with Crippen LogP contribution in [0.25, 0.3) is 0 Å². The number of carbonyl (C=O) groups is 1. The Bertz CT molecular complexity index is 867. The van der Waals surface area contributed by atoms with Crippen molar-refractivity contribution in [3.8, 4) is 0 Å². The molecule has 1 amide bonds. The number of carbonyl (C=O) groups excluding carboxylic acids is 1. The first-order chi connectivity index (χ1) is 13.0. The molecule has 142 valence electrons. The van der Waals surface area contributed by atoms with Gasteiger partial charge in [0.05, 0.1) is 11.4 Å². The van der Waals surface area contributed by atoms with Gasteiger partial charge in [0.2, 0.25) is 5.91 Å². The van der Waals surface area contributed by atoms with Gasteiger partial charge < -0.3 is 10.2 Å². The highest BCUT2D eigenvalue weighted by Crippen LogP contribution is 2.34. The molecule has 1 aliphatic heterocycles. The van der Waals surface area contributed by atoms with E-state index in [0.29, 0.717) is 17.1 Å². The molecule has 1 heterocycles. The van der Waals surface area contributed by atoms with Gasteiger partial charge >= 0.3 is 0 Å². The van der Waals surface area contributed by atoms with Gasteiger partial charge in [-0.2, -0.15) is 0 Å². The first-order valence-electron chi connectivity index (χ1n) is 9.23. The zero-order valence-corrected chi connectivity index (χ0v) is 15.5. The second-order valence-electron chi connectivity index (χ2n) is 6.52. The Morgan fingerprint density at radius 3 is 2.70 bits per heavy atom. The normalized spacial score (nSPS) is 15.9. The third-order valence-electron chi connectivity index (χ3n) is 4.71. The van der Waals surface area contributed by atoms with Gasteiger partial charge in [-0.15, -0.1) is 0 Å². The lowest BCUT2D eigenvalue weighted by Crippen LogP contribution is -2.24. The van der Waals surface area contributed by atoms with Crippen LogP contribution in [0, 0.1) is 11.6 Å². The number of unbranched alkanes of at least 4 members (excludes halogenated alkanes) is 1. The molecule has 0 spiro atoms. The number of hydrogen-bond acceptors (Lipinski definition) is 3. The number of amides is 1. The monoisotopic (exact) mass is 371 g/mol. The van der Waals surface area contributed by atoms with E-state index in [1.165, 1.54) is 18.3 Å². The van der Waals surface area contributed by atoms with Crippen LogP contribution in [0.3, 0.4) is 0 Å². The average Bonchev–Trinajstić information content (AvgIpc) is 2.98. The Hall–Kier alpha value is -2.76. The van der Waals surface area contributed by atoms with Crippen molar-refractivity contribution in [2.75, 3.05) is 23.3 Å². The first-order valence-corrected chi connectivity index (χ1v) is 9.23. The van der Waals surface area contributed by atoms with E-state index in [-0.39, 0.29) is 17.3 Å². The number of nitrogens with zero attached hydrogens (tertiary/aromatic N) is 2. The maximum atomic E-state index is 14.5. The van der Waals surface area contributed by atoms with Crippen LogP contribution in [0.2, 0.25) is 0 Å². The van der Waals surface area contributed by atoms with E-state index < -0.39 is 11.7 Å². The van der Waals surface area contributed by atoms with Crippen LogP contribution in [-0.4, -0.2) is 25.2 Å². The maximum absolute atomic E-state index is 14.5. The summed E-state index contributed by atoms with van der Waals surface area (Å²) in [6.45, 7) is 5.61. The minimum Gasteiger partial charge on any atom is -0.369 e. The summed E-state index contributed by atoms with van der Waals surface area (Å²) in [5, 5.41) is 2.64. The quantitative estimate of drug-likeness (QED) is 0.694. The molecular weight excluding hydrogens is 348 g/mol. The number of benzene rings is 2. The molecule has 0 saturated heterocycles. The number of nitrogens with one attached hydrogen (secondary N) is 1. The van der Waals surface area contributed by atoms with E-state index in [2.05, 4.69) is 17.2 Å². The fourth-order valence-corrected chi connectivity index (χ4v) is 3.24. The molecule has 0 fully saturated rings. The third-order valence-corrected chi connectivity index (χ3v) is 4.71. The summed E-state index contributed by atoms with van der Waals surface area (Å²) in [6, 6.07) is 9.25. The van der Waals surface area contributed by atoms with E-state index in [1.807, 2.05) is 11.8 Å². The SMILES string of the molecule is CCCCN(CC)c1ccc(N=CC2C(=O)Nc3cccc(F)c32)cc1F.